The van der Waals surface area contributed by atoms with Crippen molar-refractivity contribution in [3.63, 3.8) is 0 Å². The zero-order valence-corrected chi connectivity index (χ0v) is 15.6. The van der Waals surface area contributed by atoms with Gasteiger partial charge in [0.25, 0.3) is 0 Å². The maximum absolute atomic E-state index is 3.67. The van der Waals surface area contributed by atoms with Crippen molar-refractivity contribution < 1.29 is 0 Å². The fourth-order valence-corrected chi connectivity index (χ4v) is 4.35. The lowest BCUT2D eigenvalue weighted by Gasteiger charge is -2.19. The molecule has 1 atom stereocenters. The first kappa shape index (κ1) is 15.5. The Hall–Kier alpha value is 0.0900. The molecule has 0 bridgehead atoms. The van der Waals surface area contributed by atoms with Crippen molar-refractivity contribution >= 4 is 49.9 Å². The van der Waals surface area contributed by atoms with Gasteiger partial charge in [-0.15, -0.1) is 11.3 Å². The lowest BCUT2D eigenvalue weighted by Crippen LogP contribution is -2.23. The molecule has 4 heteroatoms. The normalized spacial score (nSPS) is 12.6. The standard InChI is InChI=1S/C15H17BrINS/c1-3-8-18-14(11-6-4-5-7-12(11)17)13-9-10(2)15(16)19-13/h4-7,9,14,18H,3,8H2,1-2H3. The number of nitrogens with one attached hydrogen (secondary N) is 1. The van der Waals surface area contributed by atoms with Crippen LogP contribution in [0.25, 0.3) is 0 Å². The molecule has 1 nitrogen and oxygen atoms in total. The summed E-state index contributed by atoms with van der Waals surface area (Å²) >= 11 is 7.88. The molecule has 102 valence electrons. The van der Waals surface area contributed by atoms with E-state index in [2.05, 4.69) is 88.0 Å². The highest BCUT2D eigenvalue weighted by Gasteiger charge is 2.18. The summed E-state index contributed by atoms with van der Waals surface area (Å²) in [6.07, 6.45) is 1.14. The van der Waals surface area contributed by atoms with Gasteiger partial charge >= 0.3 is 0 Å². The van der Waals surface area contributed by atoms with E-state index in [0.29, 0.717) is 6.04 Å². The van der Waals surface area contributed by atoms with Gasteiger partial charge in [-0.1, -0.05) is 25.1 Å². The van der Waals surface area contributed by atoms with E-state index >= 15 is 0 Å². The zero-order chi connectivity index (χ0) is 13.8. The molecule has 0 saturated heterocycles. The molecule has 19 heavy (non-hydrogen) atoms. The first-order valence-corrected chi connectivity index (χ1v) is 9.06. The molecule has 1 aromatic heterocycles. The molecule has 2 aromatic rings. The highest BCUT2D eigenvalue weighted by molar-refractivity contribution is 14.1. The Morgan fingerprint density at radius 1 is 1.37 bits per heavy atom. The Balaban J connectivity index is 2.38. The minimum atomic E-state index is 0.294. The van der Waals surface area contributed by atoms with E-state index in [1.807, 2.05) is 11.3 Å². The van der Waals surface area contributed by atoms with Crippen molar-refractivity contribution in [1.82, 2.24) is 5.32 Å². The molecule has 0 aliphatic carbocycles. The van der Waals surface area contributed by atoms with Crippen molar-refractivity contribution in [2.24, 2.45) is 0 Å². The number of rotatable bonds is 5. The molecule has 1 aromatic carbocycles. The summed E-state index contributed by atoms with van der Waals surface area (Å²) < 4.78 is 2.55. The molecule has 2 rings (SSSR count). The predicted octanol–water partition coefficient (Wildman–Crippen LogP) is 5.51. The lowest BCUT2D eigenvalue weighted by molar-refractivity contribution is 0.604. The van der Waals surface area contributed by atoms with Crippen LogP contribution in [-0.4, -0.2) is 6.54 Å². The van der Waals surface area contributed by atoms with Crippen LogP contribution in [0.2, 0.25) is 0 Å². The Bertz CT molecular complexity index is 533. The second-order valence-corrected chi connectivity index (χ2v) is 8.08. The average molecular weight is 450 g/mol. The first-order valence-electron chi connectivity index (χ1n) is 6.37. The number of benzene rings is 1. The summed E-state index contributed by atoms with van der Waals surface area (Å²) in [5.41, 5.74) is 2.68. The largest absolute Gasteiger partial charge is 0.306 e. The van der Waals surface area contributed by atoms with E-state index in [9.17, 15) is 0 Å². The van der Waals surface area contributed by atoms with Crippen molar-refractivity contribution in [2.75, 3.05) is 6.54 Å². The maximum Gasteiger partial charge on any atom is 0.0731 e. The molecule has 0 fully saturated rings. The van der Waals surface area contributed by atoms with Crippen LogP contribution in [0.1, 0.15) is 35.4 Å². The van der Waals surface area contributed by atoms with Gasteiger partial charge in [-0.25, -0.2) is 0 Å². The molecule has 1 unspecified atom stereocenters. The number of thiophene rings is 1. The van der Waals surface area contributed by atoms with Gasteiger partial charge in [0, 0.05) is 8.45 Å². The molecule has 0 aliphatic rings. The highest BCUT2D eigenvalue weighted by Crippen LogP contribution is 2.35. The SMILES string of the molecule is CCCNC(c1cc(C)c(Br)s1)c1ccccc1I. The lowest BCUT2D eigenvalue weighted by atomic mass is 10.0. The van der Waals surface area contributed by atoms with E-state index in [1.54, 1.807) is 0 Å². The Morgan fingerprint density at radius 3 is 2.68 bits per heavy atom. The molecule has 0 saturated carbocycles. The van der Waals surface area contributed by atoms with Crippen molar-refractivity contribution in [2.45, 2.75) is 26.3 Å². The van der Waals surface area contributed by atoms with Crippen LogP contribution in [0.5, 0.6) is 0 Å². The molecular weight excluding hydrogens is 433 g/mol. The van der Waals surface area contributed by atoms with Crippen LogP contribution in [-0.2, 0) is 0 Å². The second kappa shape index (κ2) is 7.20. The van der Waals surface area contributed by atoms with E-state index in [-0.39, 0.29) is 0 Å². The van der Waals surface area contributed by atoms with E-state index in [1.165, 1.54) is 23.4 Å². The first-order chi connectivity index (χ1) is 9.13. The van der Waals surface area contributed by atoms with Gasteiger partial charge in [0.05, 0.1) is 9.83 Å². The molecule has 1 heterocycles. The van der Waals surface area contributed by atoms with Crippen LogP contribution < -0.4 is 5.32 Å². The second-order valence-electron chi connectivity index (χ2n) is 4.51. The number of halogens is 2. The van der Waals surface area contributed by atoms with Crippen LogP contribution >= 0.6 is 49.9 Å². The fraction of sp³-hybridized carbons (Fsp3) is 0.333. The smallest absolute Gasteiger partial charge is 0.0731 e. The summed E-state index contributed by atoms with van der Waals surface area (Å²) in [5.74, 6) is 0. The molecule has 0 amide bonds. The highest BCUT2D eigenvalue weighted by atomic mass is 127. The third kappa shape index (κ3) is 3.80. The molecule has 0 aliphatic heterocycles. The summed E-state index contributed by atoms with van der Waals surface area (Å²) in [5, 5.41) is 3.67. The zero-order valence-electron chi connectivity index (χ0n) is 11.0. The Morgan fingerprint density at radius 2 is 2.11 bits per heavy atom. The van der Waals surface area contributed by atoms with Crippen LogP contribution in [0.4, 0.5) is 0 Å². The van der Waals surface area contributed by atoms with Gasteiger partial charge in [-0.2, -0.15) is 0 Å². The van der Waals surface area contributed by atoms with Gasteiger partial charge in [0.15, 0.2) is 0 Å². The van der Waals surface area contributed by atoms with Gasteiger partial charge in [-0.3, -0.25) is 0 Å². The van der Waals surface area contributed by atoms with Gasteiger partial charge in [0.1, 0.15) is 0 Å². The minimum Gasteiger partial charge on any atom is -0.306 e. The Kier molecular flexibility index (Phi) is 5.87. The molecule has 1 N–H and O–H groups in total. The molecule has 0 radical (unpaired) electrons. The van der Waals surface area contributed by atoms with E-state index < -0.39 is 0 Å². The summed E-state index contributed by atoms with van der Waals surface area (Å²) in [7, 11) is 0. The van der Waals surface area contributed by atoms with Crippen LogP contribution in [0.3, 0.4) is 0 Å². The predicted molar refractivity (Wildman–Crippen MR) is 96.1 cm³/mol. The maximum atomic E-state index is 3.67. The van der Waals surface area contributed by atoms with Gasteiger partial charge < -0.3 is 5.32 Å². The molecular formula is C15H17BrINS. The number of aryl methyl sites for hydroxylation is 1. The number of hydrogen-bond acceptors (Lipinski definition) is 2. The molecule has 0 spiro atoms. The summed E-state index contributed by atoms with van der Waals surface area (Å²) in [6, 6.07) is 11.2. The van der Waals surface area contributed by atoms with E-state index in [0.717, 1.165) is 13.0 Å². The van der Waals surface area contributed by atoms with Crippen molar-refractivity contribution in [3.8, 4) is 0 Å². The van der Waals surface area contributed by atoms with Gasteiger partial charge in [0.2, 0.25) is 0 Å². The monoisotopic (exact) mass is 449 g/mol. The van der Waals surface area contributed by atoms with E-state index in [4.69, 9.17) is 0 Å². The Labute approximate surface area is 141 Å². The quantitative estimate of drug-likeness (QED) is 0.593. The average Bonchev–Trinajstić information content (AvgIpc) is 2.72. The fourth-order valence-electron chi connectivity index (χ4n) is 1.99. The van der Waals surface area contributed by atoms with Crippen LogP contribution in [0, 0.1) is 10.5 Å². The van der Waals surface area contributed by atoms with Crippen LogP contribution in [0.15, 0.2) is 34.1 Å². The summed E-state index contributed by atoms with van der Waals surface area (Å²) in [6.45, 7) is 5.39. The van der Waals surface area contributed by atoms with Crippen molar-refractivity contribution in [3.05, 3.63) is 53.7 Å². The van der Waals surface area contributed by atoms with Crippen molar-refractivity contribution in [1.29, 1.82) is 0 Å². The van der Waals surface area contributed by atoms with Gasteiger partial charge in [-0.05, 0) is 81.7 Å². The minimum absolute atomic E-state index is 0.294. The number of hydrogen-bond donors (Lipinski definition) is 1. The third-order valence-electron chi connectivity index (χ3n) is 2.98. The topological polar surface area (TPSA) is 12.0 Å². The summed E-state index contributed by atoms with van der Waals surface area (Å²) in [4.78, 5) is 1.38. The third-order valence-corrected chi connectivity index (χ3v) is 6.16.